The first-order valence-corrected chi connectivity index (χ1v) is 7.36. The number of nitrogens with two attached hydrogens (primary N) is 1. The third-order valence-corrected chi connectivity index (χ3v) is 3.73. The number of primary amides is 1. The summed E-state index contributed by atoms with van der Waals surface area (Å²) in [5.41, 5.74) is 5.89. The zero-order chi connectivity index (χ0) is 17.0. The van der Waals surface area contributed by atoms with Gasteiger partial charge in [0.05, 0.1) is 10.5 Å². The topological polar surface area (TPSA) is 127 Å². The number of rotatable bonds is 4. The van der Waals surface area contributed by atoms with Crippen LogP contribution in [0, 0.1) is 13.7 Å². The van der Waals surface area contributed by atoms with Crippen molar-refractivity contribution in [2.75, 3.05) is 10.6 Å². The number of carbonyl (C=O) groups excluding carboxylic acids is 2. The Labute approximate surface area is 144 Å². The highest BCUT2D eigenvalue weighted by Gasteiger charge is 2.15. The number of non-ortho nitro benzene ring substituents is 1. The maximum atomic E-state index is 12.3. The molecule has 0 aliphatic heterocycles. The number of nitrogens with one attached hydrogen (secondary N) is 2. The van der Waals surface area contributed by atoms with Crippen LogP contribution < -0.4 is 16.4 Å². The predicted molar refractivity (Wildman–Crippen MR) is 93.4 cm³/mol. The molecule has 0 aromatic heterocycles. The number of halogens is 1. The Bertz CT molecular complexity index is 794. The smallest absolute Gasteiger partial charge is 0.316 e. The second-order valence-corrected chi connectivity index (χ2v) is 5.61. The number of hydrogen-bond acceptors (Lipinski definition) is 4. The van der Waals surface area contributed by atoms with E-state index in [0.29, 0.717) is 14.9 Å². The molecule has 0 aliphatic rings. The van der Waals surface area contributed by atoms with Crippen LogP contribution in [0.2, 0.25) is 0 Å². The van der Waals surface area contributed by atoms with E-state index in [9.17, 15) is 19.7 Å². The van der Waals surface area contributed by atoms with Crippen LogP contribution in [0.1, 0.15) is 10.4 Å². The summed E-state index contributed by atoms with van der Waals surface area (Å²) in [5.74, 6) is -0.491. The monoisotopic (exact) mass is 426 g/mol. The van der Waals surface area contributed by atoms with Crippen LogP contribution in [0.3, 0.4) is 0 Å². The third kappa shape index (κ3) is 4.39. The maximum Gasteiger partial charge on any atom is 0.316 e. The number of carbonyl (C=O) groups is 2. The highest BCUT2D eigenvalue weighted by molar-refractivity contribution is 14.1. The Kier molecular flexibility index (Phi) is 5.11. The fourth-order valence-corrected chi connectivity index (χ4v) is 2.40. The molecule has 0 bridgehead atoms. The molecule has 0 radical (unpaired) electrons. The molecule has 0 aliphatic carbocycles. The molecule has 0 heterocycles. The van der Waals surface area contributed by atoms with Crippen LogP contribution in [-0.2, 0) is 0 Å². The molecule has 23 heavy (non-hydrogen) atoms. The van der Waals surface area contributed by atoms with E-state index < -0.39 is 16.9 Å². The first kappa shape index (κ1) is 16.7. The first-order chi connectivity index (χ1) is 10.9. The molecule has 2 aromatic rings. The summed E-state index contributed by atoms with van der Waals surface area (Å²) in [5, 5.41) is 15.8. The zero-order valence-electron chi connectivity index (χ0n) is 11.6. The number of anilines is 2. The highest BCUT2D eigenvalue weighted by atomic mass is 127. The quantitative estimate of drug-likeness (QED) is 0.395. The van der Waals surface area contributed by atoms with Gasteiger partial charge in [-0.05, 0) is 46.9 Å². The van der Waals surface area contributed by atoms with E-state index in [2.05, 4.69) is 10.6 Å². The van der Waals surface area contributed by atoms with Gasteiger partial charge in [0.15, 0.2) is 0 Å². The number of benzene rings is 2. The molecule has 0 saturated carbocycles. The lowest BCUT2D eigenvalue weighted by Gasteiger charge is -2.09. The van der Waals surface area contributed by atoms with Gasteiger partial charge in [-0.2, -0.15) is 0 Å². The standard InChI is InChI=1S/C14H11IN4O4/c15-12-5-4-10(19(22)23)7-11(12)13(20)17-8-2-1-3-9(6-8)18-14(16)21/h1-7H,(H,17,20)(H3,16,18,21). The van der Waals surface area contributed by atoms with E-state index >= 15 is 0 Å². The minimum Gasteiger partial charge on any atom is -0.351 e. The van der Waals surface area contributed by atoms with Gasteiger partial charge >= 0.3 is 6.03 Å². The molecule has 2 aromatic carbocycles. The molecule has 118 valence electrons. The van der Waals surface area contributed by atoms with E-state index in [1.165, 1.54) is 24.3 Å². The number of nitro benzene ring substituents is 1. The molecular formula is C14H11IN4O4. The summed E-state index contributed by atoms with van der Waals surface area (Å²) in [6.45, 7) is 0. The Morgan fingerprint density at radius 2 is 1.74 bits per heavy atom. The molecule has 0 atom stereocenters. The minimum absolute atomic E-state index is 0.167. The predicted octanol–water partition coefficient (Wildman–Crippen LogP) is 2.94. The summed E-state index contributed by atoms with van der Waals surface area (Å²) in [7, 11) is 0. The van der Waals surface area contributed by atoms with Crippen molar-refractivity contribution in [3.05, 3.63) is 61.7 Å². The maximum absolute atomic E-state index is 12.3. The molecule has 0 spiro atoms. The van der Waals surface area contributed by atoms with E-state index in [0.717, 1.165) is 0 Å². The molecule has 3 amide bonds. The SMILES string of the molecule is NC(=O)Nc1cccc(NC(=O)c2cc([N+](=O)[O-])ccc2I)c1. The molecule has 2 rings (SSSR count). The van der Waals surface area contributed by atoms with E-state index in [4.69, 9.17) is 5.73 Å². The Morgan fingerprint density at radius 1 is 1.09 bits per heavy atom. The number of nitrogens with zero attached hydrogens (tertiary/aromatic N) is 1. The van der Waals surface area contributed by atoms with Gasteiger partial charge in [-0.1, -0.05) is 6.07 Å². The van der Waals surface area contributed by atoms with E-state index in [1.807, 2.05) is 22.6 Å². The van der Waals surface area contributed by atoms with Gasteiger partial charge in [0, 0.05) is 27.1 Å². The molecule has 0 unspecified atom stereocenters. The largest absolute Gasteiger partial charge is 0.351 e. The summed E-state index contributed by atoms with van der Waals surface area (Å²) in [6, 6.07) is 9.69. The van der Waals surface area contributed by atoms with Crippen molar-refractivity contribution < 1.29 is 14.5 Å². The van der Waals surface area contributed by atoms with Gasteiger partial charge in [0.25, 0.3) is 11.6 Å². The molecule has 4 N–H and O–H groups in total. The van der Waals surface area contributed by atoms with Crippen LogP contribution in [0.15, 0.2) is 42.5 Å². The lowest BCUT2D eigenvalue weighted by molar-refractivity contribution is -0.384. The second kappa shape index (κ2) is 7.05. The van der Waals surface area contributed by atoms with Crippen molar-refractivity contribution in [2.45, 2.75) is 0 Å². The Morgan fingerprint density at radius 3 is 2.35 bits per heavy atom. The lowest BCUT2D eigenvalue weighted by Crippen LogP contribution is -2.19. The molecule has 8 nitrogen and oxygen atoms in total. The van der Waals surface area contributed by atoms with Crippen LogP contribution in [0.5, 0.6) is 0 Å². The molecule has 0 saturated heterocycles. The van der Waals surface area contributed by atoms with Crippen molar-refractivity contribution in [3.8, 4) is 0 Å². The van der Waals surface area contributed by atoms with Crippen LogP contribution in [0.4, 0.5) is 21.9 Å². The van der Waals surface area contributed by atoms with Gasteiger partial charge in [0.1, 0.15) is 0 Å². The summed E-state index contributed by atoms with van der Waals surface area (Å²) in [6.07, 6.45) is 0. The number of nitro groups is 1. The number of urea groups is 1. The average Bonchev–Trinajstić information content (AvgIpc) is 2.46. The van der Waals surface area contributed by atoms with Crippen molar-refractivity contribution in [1.82, 2.24) is 0 Å². The molecule has 0 fully saturated rings. The number of amides is 3. The van der Waals surface area contributed by atoms with Gasteiger partial charge in [-0.15, -0.1) is 0 Å². The van der Waals surface area contributed by atoms with Gasteiger partial charge in [0.2, 0.25) is 0 Å². The molecule has 9 heteroatoms. The van der Waals surface area contributed by atoms with Crippen molar-refractivity contribution in [1.29, 1.82) is 0 Å². The number of hydrogen-bond donors (Lipinski definition) is 3. The summed E-state index contributed by atoms with van der Waals surface area (Å²) >= 11 is 1.92. The fraction of sp³-hybridized carbons (Fsp3) is 0. The first-order valence-electron chi connectivity index (χ1n) is 6.28. The van der Waals surface area contributed by atoms with Crippen molar-refractivity contribution in [3.63, 3.8) is 0 Å². The van der Waals surface area contributed by atoms with Gasteiger partial charge < -0.3 is 16.4 Å². The summed E-state index contributed by atoms with van der Waals surface area (Å²) < 4.78 is 0.581. The van der Waals surface area contributed by atoms with Gasteiger partial charge in [-0.3, -0.25) is 14.9 Å². The van der Waals surface area contributed by atoms with Gasteiger partial charge in [-0.25, -0.2) is 4.79 Å². The van der Waals surface area contributed by atoms with Crippen molar-refractivity contribution in [2.24, 2.45) is 5.73 Å². The fourth-order valence-electron chi connectivity index (χ4n) is 1.82. The molecular weight excluding hydrogens is 415 g/mol. The Hall–Kier alpha value is -2.69. The van der Waals surface area contributed by atoms with E-state index in [1.54, 1.807) is 18.2 Å². The highest BCUT2D eigenvalue weighted by Crippen LogP contribution is 2.22. The van der Waals surface area contributed by atoms with Crippen molar-refractivity contribution >= 4 is 51.6 Å². The zero-order valence-corrected chi connectivity index (χ0v) is 13.7. The van der Waals surface area contributed by atoms with Crippen LogP contribution in [-0.4, -0.2) is 16.9 Å². The normalized spacial score (nSPS) is 9.96. The van der Waals surface area contributed by atoms with Crippen LogP contribution >= 0.6 is 22.6 Å². The summed E-state index contributed by atoms with van der Waals surface area (Å²) in [4.78, 5) is 33.4. The second-order valence-electron chi connectivity index (χ2n) is 4.45. The third-order valence-electron chi connectivity index (χ3n) is 2.79. The Balaban J connectivity index is 2.24. The lowest BCUT2D eigenvalue weighted by atomic mass is 10.2. The minimum atomic E-state index is -0.721. The van der Waals surface area contributed by atoms with Crippen LogP contribution in [0.25, 0.3) is 0 Å². The average molecular weight is 426 g/mol. The van der Waals surface area contributed by atoms with E-state index in [-0.39, 0.29) is 11.3 Å².